The van der Waals surface area contributed by atoms with Crippen LogP contribution < -0.4 is 0 Å². The van der Waals surface area contributed by atoms with Crippen molar-refractivity contribution in [1.29, 1.82) is 5.26 Å². The molecular weight excluding hydrogens is 463 g/mol. The monoisotopic (exact) mass is 479 g/mol. The number of aromatic nitrogens is 1. The summed E-state index contributed by atoms with van der Waals surface area (Å²) >= 11 is 0.850. The molecule has 1 aliphatic heterocycles. The van der Waals surface area contributed by atoms with Gasteiger partial charge >= 0.3 is 6.18 Å². The number of halogens is 3. The van der Waals surface area contributed by atoms with E-state index in [9.17, 15) is 31.6 Å². The van der Waals surface area contributed by atoms with Gasteiger partial charge in [0.2, 0.25) is 10.0 Å². The maximum atomic E-state index is 12.9. The number of rotatable bonds is 5. The lowest BCUT2D eigenvalue weighted by atomic mass is 9.99. The number of Topliss-reactive ketones (excluding diaryl/α,β-unsaturated/α-hetero) is 1. The fourth-order valence-electron chi connectivity index (χ4n) is 3.50. The maximum absolute atomic E-state index is 12.9. The van der Waals surface area contributed by atoms with Crippen molar-refractivity contribution in [3.8, 4) is 6.07 Å². The minimum atomic E-state index is -4.51. The zero-order chi connectivity index (χ0) is 23.1. The Balaban J connectivity index is 1.61. The van der Waals surface area contributed by atoms with Crippen LogP contribution in [-0.2, 0) is 16.2 Å². The third-order valence-corrected chi connectivity index (χ3v) is 8.21. The molecule has 0 radical (unpaired) electrons. The van der Waals surface area contributed by atoms with Gasteiger partial charge in [-0.05, 0) is 43.2 Å². The summed E-state index contributed by atoms with van der Waals surface area (Å²) in [5.41, 5.74) is -0.458. The molecule has 3 aromatic rings. The summed E-state index contributed by atoms with van der Waals surface area (Å²) in [5, 5.41) is 9.64. The minimum Gasteiger partial charge on any atom is -0.292 e. The van der Waals surface area contributed by atoms with Crippen LogP contribution in [0.15, 0.2) is 47.4 Å². The average molecular weight is 480 g/mol. The Morgan fingerprint density at radius 3 is 2.38 bits per heavy atom. The lowest BCUT2D eigenvalue weighted by molar-refractivity contribution is -0.137. The van der Waals surface area contributed by atoms with Gasteiger partial charge in [0.1, 0.15) is 5.01 Å². The second-order valence-corrected chi connectivity index (χ2v) is 10.3. The van der Waals surface area contributed by atoms with Gasteiger partial charge in [-0.2, -0.15) is 22.7 Å². The molecule has 0 bridgehead atoms. The molecule has 1 aromatic heterocycles. The van der Waals surface area contributed by atoms with Crippen molar-refractivity contribution >= 4 is 37.4 Å². The molecule has 0 aliphatic carbocycles. The number of carbonyl (C=O) groups excluding carboxylic acids is 1. The van der Waals surface area contributed by atoms with Crippen LogP contribution in [0.3, 0.4) is 0 Å². The normalized spacial score (nSPS) is 16.2. The Labute approximate surface area is 186 Å². The van der Waals surface area contributed by atoms with Gasteiger partial charge in [0.05, 0.1) is 26.7 Å². The summed E-state index contributed by atoms with van der Waals surface area (Å²) in [6, 6.07) is 10.2. The molecule has 11 heteroatoms. The third kappa shape index (κ3) is 4.13. The highest BCUT2D eigenvalue weighted by Gasteiger charge is 2.32. The molecule has 1 fully saturated rings. The van der Waals surface area contributed by atoms with Crippen molar-refractivity contribution in [2.45, 2.75) is 29.8 Å². The number of benzene rings is 2. The summed E-state index contributed by atoms with van der Waals surface area (Å²) in [6.07, 6.45) is -2.92. The van der Waals surface area contributed by atoms with Gasteiger partial charge in [-0.15, -0.1) is 11.3 Å². The van der Waals surface area contributed by atoms with Crippen LogP contribution in [0.5, 0.6) is 0 Å². The SMILES string of the molecule is N#C[C@H](C(=O)c1ccc(S(=O)(=O)N2CCCC2)cc1)c1nc2ccc(C(F)(F)F)cc2s1. The topological polar surface area (TPSA) is 91.1 Å². The van der Waals surface area contributed by atoms with Crippen molar-refractivity contribution in [2.75, 3.05) is 13.1 Å². The lowest BCUT2D eigenvalue weighted by Gasteiger charge is -2.15. The van der Waals surface area contributed by atoms with E-state index in [2.05, 4.69) is 4.98 Å². The van der Waals surface area contributed by atoms with Crippen LogP contribution in [0.4, 0.5) is 13.2 Å². The lowest BCUT2D eigenvalue weighted by Crippen LogP contribution is -2.27. The fraction of sp³-hybridized carbons (Fsp3) is 0.286. The first-order chi connectivity index (χ1) is 15.1. The van der Waals surface area contributed by atoms with E-state index in [1.165, 1.54) is 34.6 Å². The number of hydrogen-bond acceptors (Lipinski definition) is 6. The average Bonchev–Trinajstić information content (AvgIpc) is 3.43. The predicted octanol–water partition coefficient (Wildman–Crippen LogP) is 4.59. The first kappa shape index (κ1) is 22.4. The third-order valence-electron chi connectivity index (χ3n) is 5.21. The van der Waals surface area contributed by atoms with Crippen molar-refractivity contribution in [2.24, 2.45) is 0 Å². The van der Waals surface area contributed by atoms with Gasteiger partial charge in [0, 0.05) is 18.7 Å². The van der Waals surface area contributed by atoms with Crippen LogP contribution in [0, 0.1) is 11.3 Å². The van der Waals surface area contributed by atoms with Crippen LogP contribution in [0.25, 0.3) is 10.2 Å². The maximum Gasteiger partial charge on any atom is 0.416 e. The Bertz CT molecular complexity index is 1320. The van der Waals surface area contributed by atoms with E-state index in [1.54, 1.807) is 0 Å². The molecular formula is C21H16F3N3O3S2. The highest BCUT2D eigenvalue weighted by molar-refractivity contribution is 7.89. The standard InChI is InChI=1S/C21H16F3N3O3S2/c22-21(23,24)14-5-8-17-18(11-14)31-20(26-17)16(12-25)19(28)13-3-6-15(7-4-13)32(29,30)27-9-1-2-10-27/h3-8,11,16H,1-2,9-10H2/t16-/m1/s1. The van der Waals surface area contributed by atoms with Gasteiger partial charge in [0.15, 0.2) is 11.7 Å². The van der Waals surface area contributed by atoms with Crippen molar-refractivity contribution in [1.82, 2.24) is 9.29 Å². The molecule has 166 valence electrons. The van der Waals surface area contributed by atoms with Crippen molar-refractivity contribution in [3.05, 3.63) is 58.6 Å². The number of thiazole rings is 1. The zero-order valence-electron chi connectivity index (χ0n) is 16.5. The molecule has 0 saturated carbocycles. The minimum absolute atomic E-state index is 0.0594. The number of sulfonamides is 1. The molecule has 0 spiro atoms. The van der Waals surface area contributed by atoms with Gasteiger partial charge in [-0.3, -0.25) is 4.79 Å². The smallest absolute Gasteiger partial charge is 0.292 e. The van der Waals surface area contributed by atoms with Gasteiger partial charge in [-0.1, -0.05) is 12.1 Å². The fourth-order valence-corrected chi connectivity index (χ4v) is 6.07. The largest absolute Gasteiger partial charge is 0.416 e. The van der Waals surface area contributed by atoms with Gasteiger partial charge in [0.25, 0.3) is 0 Å². The summed E-state index contributed by atoms with van der Waals surface area (Å²) in [5.74, 6) is -1.92. The van der Waals surface area contributed by atoms with Crippen LogP contribution in [0.1, 0.15) is 39.7 Å². The number of nitrogens with zero attached hydrogens (tertiary/aromatic N) is 3. The molecule has 2 heterocycles. The Morgan fingerprint density at radius 1 is 1.12 bits per heavy atom. The quantitative estimate of drug-likeness (QED) is 0.499. The summed E-state index contributed by atoms with van der Waals surface area (Å²) in [7, 11) is -3.64. The molecule has 0 N–H and O–H groups in total. The van der Waals surface area contributed by atoms with Crippen LogP contribution in [0.2, 0.25) is 0 Å². The molecule has 1 atom stereocenters. The number of fused-ring (bicyclic) bond motifs is 1. The molecule has 1 saturated heterocycles. The molecule has 0 amide bonds. The van der Waals surface area contributed by atoms with Crippen LogP contribution >= 0.6 is 11.3 Å². The number of alkyl halides is 3. The number of hydrogen-bond donors (Lipinski definition) is 0. The predicted molar refractivity (Wildman–Crippen MR) is 112 cm³/mol. The van der Waals surface area contributed by atoms with E-state index >= 15 is 0 Å². The van der Waals surface area contributed by atoms with E-state index < -0.39 is 33.5 Å². The summed E-state index contributed by atoms with van der Waals surface area (Å²) in [4.78, 5) is 17.1. The second-order valence-electron chi connectivity index (χ2n) is 7.29. The van der Waals surface area contributed by atoms with Gasteiger partial charge < -0.3 is 0 Å². The van der Waals surface area contributed by atoms with Crippen molar-refractivity contribution in [3.63, 3.8) is 0 Å². The molecule has 0 unspecified atom stereocenters. The first-order valence-corrected chi connectivity index (χ1v) is 11.9. The Hall–Kier alpha value is -2.81. The van der Waals surface area contributed by atoms with E-state index in [1.807, 2.05) is 6.07 Å². The zero-order valence-corrected chi connectivity index (χ0v) is 18.1. The number of ketones is 1. The van der Waals surface area contributed by atoms with E-state index in [0.29, 0.717) is 13.1 Å². The van der Waals surface area contributed by atoms with E-state index in [0.717, 1.165) is 36.3 Å². The molecule has 1 aliphatic rings. The van der Waals surface area contributed by atoms with Gasteiger partial charge in [-0.25, -0.2) is 13.4 Å². The van der Waals surface area contributed by atoms with Crippen molar-refractivity contribution < 1.29 is 26.4 Å². The first-order valence-electron chi connectivity index (χ1n) is 9.63. The highest BCUT2D eigenvalue weighted by atomic mass is 32.2. The van der Waals surface area contributed by atoms with Crippen LogP contribution in [-0.4, -0.2) is 36.6 Å². The Kier molecular flexibility index (Phi) is 5.79. The summed E-state index contributed by atoms with van der Waals surface area (Å²) in [6.45, 7) is 0.903. The second kappa shape index (κ2) is 8.27. The molecule has 6 nitrogen and oxygen atoms in total. The van der Waals surface area contributed by atoms with E-state index in [-0.39, 0.29) is 25.7 Å². The van der Waals surface area contributed by atoms with E-state index in [4.69, 9.17) is 0 Å². The Morgan fingerprint density at radius 2 is 1.78 bits per heavy atom. The number of carbonyl (C=O) groups is 1. The molecule has 4 rings (SSSR count). The summed E-state index contributed by atoms with van der Waals surface area (Å²) < 4.78 is 65.7. The highest BCUT2D eigenvalue weighted by Crippen LogP contribution is 2.35. The molecule has 32 heavy (non-hydrogen) atoms. The molecule has 2 aromatic carbocycles. The number of nitriles is 1.